The predicted octanol–water partition coefficient (Wildman–Crippen LogP) is 2.44. The first-order chi connectivity index (χ1) is 6.68. The van der Waals surface area contributed by atoms with Crippen LogP contribution in [0, 0.1) is 11.3 Å². The van der Waals surface area contributed by atoms with Crippen molar-refractivity contribution in [1.29, 1.82) is 0 Å². The summed E-state index contributed by atoms with van der Waals surface area (Å²) in [6.45, 7) is 10.7. The Bertz CT molecular complexity index is 152. The molecule has 1 rings (SSSR count). The molecule has 0 heterocycles. The van der Waals surface area contributed by atoms with Crippen molar-refractivity contribution in [2.24, 2.45) is 11.3 Å². The summed E-state index contributed by atoms with van der Waals surface area (Å²) >= 11 is 0. The van der Waals surface area contributed by atoms with Crippen LogP contribution in [0.2, 0.25) is 0 Å². The second-order valence-corrected chi connectivity index (χ2v) is 5.02. The average Bonchev–Trinajstić information content (AvgIpc) is 2.07. The van der Waals surface area contributed by atoms with E-state index in [-0.39, 0.29) is 0 Å². The smallest absolute Gasteiger partial charge is 0.0534 e. The molecule has 2 nitrogen and oxygen atoms in total. The van der Waals surface area contributed by atoms with Crippen LogP contribution in [-0.2, 0) is 4.74 Å². The summed E-state index contributed by atoms with van der Waals surface area (Å²) in [5.41, 5.74) is 0.477. The zero-order valence-electron chi connectivity index (χ0n) is 9.94. The molecule has 1 aliphatic carbocycles. The monoisotopic (exact) mass is 199 g/mol. The van der Waals surface area contributed by atoms with Gasteiger partial charge in [-0.05, 0) is 32.2 Å². The minimum atomic E-state index is 0.477. The zero-order chi connectivity index (χ0) is 10.4. The van der Waals surface area contributed by atoms with Crippen molar-refractivity contribution in [3.63, 3.8) is 0 Å². The molecular formula is C12H25NO. The van der Waals surface area contributed by atoms with Crippen LogP contribution in [0.4, 0.5) is 0 Å². The van der Waals surface area contributed by atoms with Crippen LogP contribution in [0.25, 0.3) is 0 Å². The Morgan fingerprint density at radius 2 is 2.07 bits per heavy atom. The molecular weight excluding hydrogens is 174 g/mol. The van der Waals surface area contributed by atoms with Gasteiger partial charge in [0.25, 0.3) is 0 Å². The van der Waals surface area contributed by atoms with Gasteiger partial charge < -0.3 is 10.1 Å². The number of ether oxygens (including phenoxy) is 1. The molecule has 0 unspecified atom stereocenters. The Hall–Kier alpha value is -0.0800. The molecule has 0 bridgehead atoms. The molecule has 0 radical (unpaired) electrons. The normalized spacial score (nSPS) is 19.7. The quantitative estimate of drug-likeness (QED) is 0.680. The third kappa shape index (κ3) is 3.58. The van der Waals surface area contributed by atoms with Crippen molar-refractivity contribution in [3.8, 4) is 0 Å². The summed E-state index contributed by atoms with van der Waals surface area (Å²) < 4.78 is 5.56. The molecule has 14 heavy (non-hydrogen) atoms. The van der Waals surface area contributed by atoms with Crippen molar-refractivity contribution >= 4 is 0 Å². The molecule has 0 aromatic heterocycles. The zero-order valence-corrected chi connectivity index (χ0v) is 9.94. The highest BCUT2D eigenvalue weighted by molar-refractivity contribution is 4.89. The van der Waals surface area contributed by atoms with Gasteiger partial charge in [0.05, 0.1) is 6.61 Å². The molecule has 0 amide bonds. The first-order valence-corrected chi connectivity index (χ1v) is 5.97. The van der Waals surface area contributed by atoms with Crippen molar-refractivity contribution in [1.82, 2.24) is 5.32 Å². The van der Waals surface area contributed by atoms with E-state index in [0.29, 0.717) is 5.41 Å². The SMILES string of the molecule is CCOCC1(CNCC(C)C)CCC1. The Morgan fingerprint density at radius 1 is 1.36 bits per heavy atom. The first-order valence-electron chi connectivity index (χ1n) is 5.97. The highest BCUT2D eigenvalue weighted by atomic mass is 16.5. The van der Waals surface area contributed by atoms with Gasteiger partial charge in [-0.3, -0.25) is 0 Å². The van der Waals surface area contributed by atoms with E-state index in [9.17, 15) is 0 Å². The van der Waals surface area contributed by atoms with Crippen LogP contribution in [0.5, 0.6) is 0 Å². The summed E-state index contributed by atoms with van der Waals surface area (Å²) in [6, 6.07) is 0. The van der Waals surface area contributed by atoms with Gasteiger partial charge in [-0.25, -0.2) is 0 Å². The lowest BCUT2D eigenvalue weighted by Crippen LogP contribution is -2.44. The van der Waals surface area contributed by atoms with Gasteiger partial charge in [0.15, 0.2) is 0 Å². The van der Waals surface area contributed by atoms with Gasteiger partial charge in [0.1, 0.15) is 0 Å². The standard InChI is InChI=1S/C12H25NO/c1-4-14-10-12(6-5-7-12)9-13-8-11(2)3/h11,13H,4-10H2,1-3H3. The van der Waals surface area contributed by atoms with Gasteiger partial charge in [-0.15, -0.1) is 0 Å². The molecule has 2 heteroatoms. The number of nitrogens with one attached hydrogen (secondary N) is 1. The maximum Gasteiger partial charge on any atom is 0.0534 e. The maximum absolute atomic E-state index is 5.56. The van der Waals surface area contributed by atoms with E-state index in [0.717, 1.165) is 32.2 Å². The largest absolute Gasteiger partial charge is 0.381 e. The summed E-state index contributed by atoms with van der Waals surface area (Å²) in [6.07, 6.45) is 4.08. The van der Waals surface area contributed by atoms with E-state index in [1.54, 1.807) is 0 Å². The van der Waals surface area contributed by atoms with Gasteiger partial charge in [-0.2, -0.15) is 0 Å². The van der Waals surface area contributed by atoms with Gasteiger partial charge >= 0.3 is 0 Å². The van der Waals surface area contributed by atoms with Crippen LogP contribution in [0.1, 0.15) is 40.0 Å². The molecule has 0 aromatic rings. The molecule has 1 aliphatic rings. The fourth-order valence-corrected chi connectivity index (χ4v) is 1.99. The molecule has 84 valence electrons. The molecule has 1 N–H and O–H groups in total. The van der Waals surface area contributed by atoms with Crippen LogP contribution in [-0.4, -0.2) is 26.3 Å². The molecule has 0 atom stereocenters. The molecule has 0 spiro atoms. The number of hydrogen-bond donors (Lipinski definition) is 1. The maximum atomic E-state index is 5.56. The van der Waals surface area contributed by atoms with Gasteiger partial charge in [0.2, 0.25) is 0 Å². The lowest BCUT2D eigenvalue weighted by atomic mass is 9.69. The Kier molecular flexibility index (Phi) is 4.90. The van der Waals surface area contributed by atoms with Crippen molar-refractivity contribution in [3.05, 3.63) is 0 Å². The average molecular weight is 199 g/mol. The summed E-state index contributed by atoms with van der Waals surface area (Å²) in [5.74, 6) is 0.749. The van der Waals surface area contributed by atoms with Crippen LogP contribution >= 0.6 is 0 Å². The molecule has 1 saturated carbocycles. The Balaban J connectivity index is 2.16. The van der Waals surface area contributed by atoms with E-state index in [1.807, 2.05) is 0 Å². The van der Waals surface area contributed by atoms with E-state index in [4.69, 9.17) is 4.74 Å². The van der Waals surface area contributed by atoms with E-state index in [1.165, 1.54) is 19.3 Å². The molecule has 1 fully saturated rings. The lowest BCUT2D eigenvalue weighted by Gasteiger charge is -2.42. The number of rotatable bonds is 7. The topological polar surface area (TPSA) is 21.3 Å². The highest BCUT2D eigenvalue weighted by Gasteiger charge is 2.36. The lowest BCUT2D eigenvalue weighted by molar-refractivity contribution is -0.00104. The number of hydrogen-bond acceptors (Lipinski definition) is 2. The first kappa shape index (κ1) is 12.0. The van der Waals surface area contributed by atoms with E-state index >= 15 is 0 Å². The van der Waals surface area contributed by atoms with E-state index < -0.39 is 0 Å². The van der Waals surface area contributed by atoms with Crippen molar-refractivity contribution in [2.45, 2.75) is 40.0 Å². The minimum absolute atomic E-state index is 0.477. The van der Waals surface area contributed by atoms with Crippen LogP contribution in [0.3, 0.4) is 0 Å². The summed E-state index contributed by atoms with van der Waals surface area (Å²) in [4.78, 5) is 0. The summed E-state index contributed by atoms with van der Waals surface area (Å²) in [7, 11) is 0. The minimum Gasteiger partial charge on any atom is -0.381 e. The fraction of sp³-hybridized carbons (Fsp3) is 1.00. The van der Waals surface area contributed by atoms with Gasteiger partial charge in [-0.1, -0.05) is 20.3 Å². The predicted molar refractivity (Wildman–Crippen MR) is 60.5 cm³/mol. The molecule has 0 aromatic carbocycles. The van der Waals surface area contributed by atoms with Crippen LogP contribution in [0.15, 0.2) is 0 Å². The van der Waals surface area contributed by atoms with E-state index in [2.05, 4.69) is 26.1 Å². The highest BCUT2D eigenvalue weighted by Crippen LogP contribution is 2.40. The van der Waals surface area contributed by atoms with Gasteiger partial charge in [0, 0.05) is 18.6 Å². The third-order valence-electron chi connectivity index (χ3n) is 3.08. The summed E-state index contributed by atoms with van der Waals surface area (Å²) in [5, 5.41) is 3.56. The third-order valence-corrected chi connectivity index (χ3v) is 3.08. The van der Waals surface area contributed by atoms with Crippen molar-refractivity contribution in [2.75, 3.05) is 26.3 Å². The fourth-order valence-electron chi connectivity index (χ4n) is 1.99. The molecule has 0 saturated heterocycles. The Morgan fingerprint density at radius 3 is 2.50 bits per heavy atom. The Labute approximate surface area is 88.4 Å². The second kappa shape index (κ2) is 5.72. The molecule has 0 aliphatic heterocycles. The van der Waals surface area contributed by atoms with Crippen molar-refractivity contribution < 1.29 is 4.74 Å². The second-order valence-electron chi connectivity index (χ2n) is 5.02. The van der Waals surface area contributed by atoms with Crippen LogP contribution < -0.4 is 5.32 Å².